The summed E-state index contributed by atoms with van der Waals surface area (Å²) >= 11 is 1.08. The van der Waals surface area contributed by atoms with E-state index in [0.717, 1.165) is 28.7 Å². The topological polar surface area (TPSA) is 158 Å². The minimum Gasteiger partial charge on any atom is -0.411 e. The van der Waals surface area contributed by atoms with E-state index in [-0.39, 0.29) is 23.3 Å². The Morgan fingerprint density at radius 2 is 1.63 bits per heavy atom. The van der Waals surface area contributed by atoms with Gasteiger partial charge in [-0.25, -0.2) is 18.2 Å². The molecule has 0 aliphatic heterocycles. The quantitative estimate of drug-likeness (QED) is 0.394. The number of nitrogens with two attached hydrogens (primary N) is 1. The van der Waals surface area contributed by atoms with Gasteiger partial charge in [-0.3, -0.25) is 9.59 Å². The SMILES string of the molecule is CC(=O)Nc1nc(CCc2ccc(OC(N)=O)cc2)c(C(=O)NCc2ccc(S(C)(=O)=O)cc2)s1. The normalized spacial score (nSPS) is 11.0. The standard InChI is InChI=1S/C23H24N4O6S2/c1-14(28)26-23-27-19(12-7-15-3-8-17(9-4-15)33-22(24)30)20(34-23)21(29)25-13-16-5-10-18(11-6-16)35(2,31)32/h3-6,8-11H,7,12-13H2,1-2H3,(H2,24,30)(H,25,29)(H,26,27,28). The van der Waals surface area contributed by atoms with Gasteiger partial charge in [-0.05, 0) is 48.2 Å². The first kappa shape index (κ1) is 25.8. The molecule has 184 valence electrons. The highest BCUT2D eigenvalue weighted by atomic mass is 32.2. The third-order valence-corrected chi connectivity index (χ3v) is 6.92. The third kappa shape index (κ3) is 7.62. The molecule has 35 heavy (non-hydrogen) atoms. The summed E-state index contributed by atoms with van der Waals surface area (Å²) in [6.07, 6.45) is 1.21. The number of carbonyl (C=O) groups excluding carboxylic acids is 3. The Kier molecular flexibility index (Phi) is 8.20. The first-order valence-corrected chi connectivity index (χ1v) is 13.1. The lowest BCUT2D eigenvalue weighted by Crippen LogP contribution is -2.23. The number of aryl methyl sites for hydroxylation is 2. The molecular weight excluding hydrogens is 492 g/mol. The molecule has 1 aromatic heterocycles. The van der Waals surface area contributed by atoms with Crippen molar-refractivity contribution in [1.29, 1.82) is 0 Å². The van der Waals surface area contributed by atoms with E-state index in [9.17, 15) is 22.8 Å². The van der Waals surface area contributed by atoms with E-state index in [1.165, 1.54) is 19.1 Å². The Balaban J connectivity index is 1.70. The first-order valence-electron chi connectivity index (χ1n) is 10.4. The van der Waals surface area contributed by atoms with Crippen molar-refractivity contribution >= 4 is 44.2 Å². The molecule has 4 N–H and O–H groups in total. The van der Waals surface area contributed by atoms with Gasteiger partial charge in [0.25, 0.3) is 5.91 Å². The number of thiazole rings is 1. The maximum atomic E-state index is 12.9. The Bertz CT molecular complexity index is 1330. The maximum Gasteiger partial charge on any atom is 0.409 e. The molecule has 2 aromatic carbocycles. The number of rotatable bonds is 9. The van der Waals surface area contributed by atoms with E-state index in [4.69, 9.17) is 10.5 Å². The lowest BCUT2D eigenvalue weighted by Gasteiger charge is -2.07. The summed E-state index contributed by atoms with van der Waals surface area (Å²) in [7, 11) is -3.30. The van der Waals surface area contributed by atoms with E-state index in [0.29, 0.717) is 34.3 Å². The van der Waals surface area contributed by atoms with Crippen molar-refractivity contribution in [3.63, 3.8) is 0 Å². The van der Waals surface area contributed by atoms with Gasteiger partial charge < -0.3 is 21.1 Å². The van der Waals surface area contributed by atoms with Crippen LogP contribution in [0.15, 0.2) is 53.4 Å². The number of aromatic nitrogens is 1. The third-order valence-electron chi connectivity index (χ3n) is 4.78. The van der Waals surface area contributed by atoms with E-state index >= 15 is 0 Å². The number of nitrogens with one attached hydrogen (secondary N) is 2. The van der Waals surface area contributed by atoms with Gasteiger partial charge in [-0.1, -0.05) is 35.6 Å². The Morgan fingerprint density at radius 1 is 1.00 bits per heavy atom. The average molecular weight is 517 g/mol. The lowest BCUT2D eigenvalue weighted by molar-refractivity contribution is -0.114. The Hall–Kier alpha value is -3.77. The molecule has 0 spiro atoms. The fourth-order valence-electron chi connectivity index (χ4n) is 3.12. The van der Waals surface area contributed by atoms with Crippen LogP contribution in [0.25, 0.3) is 0 Å². The predicted molar refractivity (Wildman–Crippen MR) is 131 cm³/mol. The number of ether oxygens (including phenoxy) is 1. The summed E-state index contributed by atoms with van der Waals surface area (Å²) in [4.78, 5) is 40.2. The molecule has 12 heteroatoms. The molecule has 0 saturated heterocycles. The number of hydrogen-bond acceptors (Lipinski definition) is 8. The van der Waals surface area contributed by atoms with E-state index in [2.05, 4.69) is 15.6 Å². The molecule has 0 atom stereocenters. The number of carbonyl (C=O) groups is 3. The smallest absolute Gasteiger partial charge is 0.409 e. The summed E-state index contributed by atoms with van der Waals surface area (Å²) in [5, 5.41) is 5.74. The van der Waals surface area contributed by atoms with Crippen molar-refractivity contribution in [2.75, 3.05) is 11.6 Å². The number of amides is 3. The largest absolute Gasteiger partial charge is 0.411 e. The molecule has 0 radical (unpaired) electrons. The molecule has 0 saturated carbocycles. The fraction of sp³-hybridized carbons (Fsp3) is 0.217. The highest BCUT2D eigenvalue weighted by Crippen LogP contribution is 2.25. The summed E-state index contributed by atoms with van der Waals surface area (Å²) in [6.45, 7) is 1.55. The monoisotopic (exact) mass is 516 g/mol. The zero-order valence-corrected chi connectivity index (χ0v) is 20.7. The van der Waals surface area contributed by atoms with Crippen molar-refractivity contribution in [2.24, 2.45) is 5.73 Å². The molecule has 10 nitrogen and oxygen atoms in total. The van der Waals surface area contributed by atoms with E-state index < -0.39 is 15.9 Å². The van der Waals surface area contributed by atoms with Gasteiger partial charge in [-0.2, -0.15) is 0 Å². The molecule has 0 fully saturated rings. The number of hydrogen-bond donors (Lipinski definition) is 3. The van der Waals surface area contributed by atoms with Crippen LogP contribution in [0, 0.1) is 0 Å². The number of anilines is 1. The first-order chi connectivity index (χ1) is 16.5. The molecule has 3 rings (SSSR count). The zero-order chi connectivity index (χ0) is 25.6. The minimum absolute atomic E-state index is 0.191. The molecule has 0 aliphatic rings. The van der Waals surface area contributed by atoms with Crippen LogP contribution in [0.4, 0.5) is 9.93 Å². The number of sulfone groups is 1. The summed E-state index contributed by atoms with van der Waals surface area (Å²) in [5.41, 5.74) is 7.19. The van der Waals surface area contributed by atoms with Gasteiger partial charge in [0, 0.05) is 19.7 Å². The zero-order valence-electron chi connectivity index (χ0n) is 19.0. The van der Waals surface area contributed by atoms with Crippen LogP contribution in [-0.2, 0) is 34.0 Å². The summed E-state index contributed by atoms with van der Waals surface area (Å²) in [5.74, 6) is -0.327. The second kappa shape index (κ2) is 11.1. The van der Waals surface area contributed by atoms with Crippen LogP contribution in [0.1, 0.15) is 33.4 Å². The van der Waals surface area contributed by atoms with Crippen LogP contribution in [0.3, 0.4) is 0 Å². The molecule has 0 bridgehead atoms. The molecule has 3 aromatic rings. The van der Waals surface area contributed by atoms with Gasteiger partial charge in [0.2, 0.25) is 5.91 Å². The second-order valence-corrected chi connectivity index (χ2v) is 10.7. The molecule has 0 unspecified atom stereocenters. The Labute approximate surface area is 206 Å². The minimum atomic E-state index is -3.30. The highest BCUT2D eigenvalue weighted by molar-refractivity contribution is 7.90. The van der Waals surface area contributed by atoms with Crippen LogP contribution >= 0.6 is 11.3 Å². The lowest BCUT2D eigenvalue weighted by atomic mass is 10.1. The number of primary amides is 1. The molecule has 3 amide bonds. The Morgan fingerprint density at radius 3 is 2.20 bits per heavy atom. The van der Waals surface area contributed by atoms with Crippen molar-refractivity contribution in [3.05, 3.63) is 70.2 Å². The second-order valence-electron chi connectivity index (χ2n) is 7.64. The van der Waals surface area contributed by atoms with Gasteiger partial charge in [0.05, 0.1) is 10.6 Å². The van der Waals surface area contributed by atoms with Crippen molar-refractivity contribution in [3.8, 4) is 5.75 Å². The van der Waals surface area contributed by atoms with Crippen LogP contribution in [-0.4, -0.2) is 37.6 Å². The van der Waals surface area contributed by atoms with Gasteiger partial charge >= 0.3 is 6.09 Å². The highest BCUT2D eigenvalue weighted by Gasteiger charge is 2.19. The number of benzene rings is 2. The summed E-state index contributed by atoms with van der Waals surface area (Å²) < 4.78 is 28.0. The van der Waals surface area contributed by atoms with E-state index in [1.807, 2.05) is 0 Å². The fourth-order valence-corrected chi connectivity index (χ4v) is 4.73. The number of nitrogens with zero attached hydrogens (tertiary/aromatic N) is 1. The van der Waals surface area contributed by atoms with Gasteiger partial charge in [0.15, 0.2) is 15.0 Å². The predicted octanol–water partition coefficient (Wildman–Crippen LogP) is 2.68. The van der Waals surface area contributed by atoms with Crippen LogP contribution in [0.2, 0.25) is 0 Å². The average Bonchev–Trinajstić information content (AvgIpc) is 3.18. The van der Waals surface area contributed by atoms with Crippen molar-refractivity contribution in [2.45, 2.75) is 31.2 Å². The molecule has 0 aliphatic carbocycles. The molecular formula is C23H24N4O6S2. The van der Waals surface area contributed by atoms with Crippen molar-refractivity contribution in [1.82, 2.24) is 10.3 Å². The summed E-state index contributed by atoms with van der Waals surface area (Å²) in [6, 6.07) is 13.0. The van der Waals surface area contributed by atoms with E-state index in [1.54, 1.807) is 36.4 Å². The maximum absolute atomic E-state index is 12.9. The van der Waals surface area contributed by atoms with Gasteiger partial charge in [-0.15, -0.1) is 0 Å². The molecule has 1 heterocycles. The van der Waals surface area contributed by atoms with Crippen LogP contribution < -0.4 is 21.1 Å². The van der Waals surface area contributed by atoms with Crippen molar-refractivity contribution < 1.29 is 27.5 Å². The van der Waals surface area contributed by atoms with Gasteiger partial charge in [0.1, 0.15) is 10.6 Å². The van der Waals surface area contributed by atoms with Crippen LogP contribution in [0.5, 0.6) is 5.75 Å².